The van der Waals surface area contributed by atoms with Gasteiger partial charge in [-0.05, 0) is 30.9 Å². The molecule has 0 heterocycles. The lowest BCUT2D eigenvalue weighted by Gasteiger charge is -2.10. The van der Waals surface area contributed by atoms with Crippen molar-refractivity contribution in [3.63, 3.8) is 0 Å². The Hall–Kier alpha value is -0.860. The molecule has 84 valence electrons. The minimum Gasteiger partial charge on any atom is -0.271 e. The first-order valence-corrected chi connectivity index (χ1v) is 5.83. The summed E-state index contributed by atoms with van der Waals surface area (Å²) in [5, 5.41) is 0. The van der Waals surface area contributed by atoms with Gasteiger partial charge >= 0.3 is 0 Å². The molecule has 1 aromatic rings. The van der Waals surface area contributed by atoms with Crippen LogP contribution in [0.1, 0.15) is 50.3 Å². The molecule has 0 spiro atoms. The number of hydrazine groups is 1. The predicted molar refractivity (Wildman–Crippen MR) is 65.4 cm³/mol. The smallest absolute Gasteiger partial charge is 0.0431 e. The van der Waals surface area contributed by atoms with E-state index in [4.69, 9.17) is 5.84 Å². The number of nitrogens with two attached hydrogens (primary N) is 1. The summed E-state index contributed by atoms with van der Waals surface area (Å²) >= 11 is 0. The van der Waals surface area contributed by atoms with Crippen molar-refractivity contribution in [2.24, 2.45) is 5.84 Å². The maximum absolute atomic E-state index is 5.39. The van der Waals surface area contributed by atoms with E-state index < -0.39 is 0 Å². The lowest BCUT2D eigenvalue weighted by atomic mass is 10.0. The number of hydrogen-bond donors (Lipinski definition) is 2. The van der Waals surface area contributed by atoms with E-state index in [1.807, 2.05) is 0 Å². The molecule has 2 heteroatoms. The highest BCUT2D eigenvalue weighted by Crippen LogP contribution is 2.13. The molecule has 0 fully saturated rings. The van der Waals surface area contributed by atoms with Crippen LogP contribution in [0, 0.1) is 0 Å². The van der Waals surface area contributed by atoms with Crippen LogP contribution in [0.15, 0.2) is 24.3 Å². The van der Waals surface area contributed by atoms with Gasteiger partial charge in [0.05, 0.1) is 0 Å². The van der Waals surface area contributed by atoms with E-state index >= 15 is 0 Å². The van der Waals surface area contributed by atoms with E-state index in [1.165, 1.54) is 36.8 Å². The van der Waals surface area contributed by atoms with Gasteiger partial charge in [0.1, 0.15) is 0 Å². The predicted octanol–water partition coefficient (Wildman–Crippen LogP) is 2.94. The molecule has 15 heavy (non-hydrogen) atoms. The van der Waals surface area contributed by atoms with Crippen molar-refractivity contribution in [3.8, 4) is 0 Å². The first-order valence-electron chi connectivity index (χ1n) is 5.83. The average Bonchev–Trinajstić information content (AvgIpc) is 2.29. The Kier molecular flexibility index (Phi) is 5.37. The maximum Gasteiger partial charge on any atom is 0.0431 e. The highest BCUT2D eigenvalue weighted by Gasteiger charge is 2.01. The molecular weight excluding hydrogens is 184 g/mol. The fourth-order valence-electron chi connectivity index (χ4n) is 1.65. The van der Waals surface area contributed by atoms with E-state index in [2.05, 4.69) is 43.5 Å². The van der Waals surface area contributed by atoms with Gasteiger partial charge in [-0.1, -0.05) is 44.0 Å². The normalized spacial score (nSPS) is 12.7. The van der Waals surface area contributed by atoms with Crippen LogP contribution in [0.4, 0.5) is 0 Å². The van der Waals surface area contributed by atoms with Crippen molar-refractivity contribution in [1.82, 2.24) is 5.43 Å². The van der Waals surface area contributed by atoms with Gasteiger partial charge in [-0.3, -0.25) is 11.3 Å². The number of unbranched alkanes of at least 4 members (excludes halogenated alkanes) is 2. The molecule has 0 aliphatic rings. The number of aryl methyl sites for hydroxylation is 1. The molecule has 0 amide bonds. The van der Waals surface area contributed by atoms with Crippen LogP contribution < -0.4 is 11.3 Å². The summed E-state index contributed by atoms with van der Waals surface area (Å²) in [5.41, 5.74) is 5.43. The number of benzene rings is 1. The van der Waals surface area contributed by atoms with E-state index in [9.17, 15) is 0 Å². The van der Waals surface area contributed by atoms with Gasteiger partial charge in [-0.25, -0.2) is 0 Å². The number of nitrogens with one attached hydrogen (secondary N) is 1. The van der Waals surface area contributed by atoms with Crippen LogP contribution in [-0.4, -0.2) is 0 Å². The topological polar surface area (TPSA) is 38.0 Å². The van der Waals surface area contributed by atoms with Crippen LogP contribution in [-0.2, 0) is 6.42 Å². The summed E-state index contributed by atoms with van der Waals surface area (Å²) in [7, 11) is 0. The Morgan fingerprint density at radius 3 is 2.40 bits per heavy atom. The summed E-state index contributed by atoms with van der Waals surface area (Å²) in [6.07, 6.45) is 5.09. The second-order valence-electron chi connectivity index (χ2n) is 4.09. The summed E-state index contributed by atoms with van der Waals surface area (Å²) in [5.74, 6) is 5.39. The molecule has 1 atom stereocenters. The van der Waals surface area contributed by atoms with Crippen molar-refractivity contribution >= 4 is 0 Å². The minimum absolute atomic E-state index is 0.231. The van der Waals surface area contributed by atoms with Gasteiger partial charge in [-0.2, -0.15) is 0 Å². The van der Waals surface area contributed by atoms with E-state index in [0.717, 1.165) is 0 Å². The van der Waals surface area contributed by atoms with Crippen LogP contribution in [0.2, 0.25) is 0 Å². The Morgan fingerprint density at radius 2 is 1.87 bits per heavy atom. The standard InChI is InChI=1S/C13H22N2/c1-3-4-5-6-12-7-9-13(10-8-12)11(2)15-14/h7-11,15H,3-6,14H2,1-2H3. The molecule has 0 radical (unpaired) electrons. The first-order chi connectivity index (χ1) is 7.27. The molecule has 3 N–H and O–H groups in total. The molecule has 0 bridgehead atoms. The molecule has 1 aromatic carbocycles. The minimum atomic E-state index is 0.231. The van der Waals surface area contributed by atoms with Crippen molar-refractivity contribution in [2.75, 3.05) is 0 Å². The maximum atomic E-state index is 5.39. The largest absolute Gasteiger partial charge is 0.271 e. The zero-order valence-corrected chi connectivity index (χ0v) is 9.79. The van der Waals surface area contributed by atoms with Crippen molar-refractivity contribution in [2.45, 2.75) is 45.6 Å². The molecule has 2 nitrogen and oxygen atoms in total. The van der Waals surface area contributed by atoms with Gasteiger partial charge < -0.3 is 0 Å². The van der Waals surface area contributed by atoms with E-state index in [0.29, 0.717) is 0 Å². The summed E-state index contributed by atoms with van der Waals surface area (Å²) in [6.45, 7) is 4.30. The molecule has 0 aromatic heterocycles. The third-order valence-corrected chi connectivity index (χ3v) is 2.80. The second-order valence-corrected chi connectivity index (χ2v) is 4.09. The van der Waals surface area contributed by atoms with Crippen LogP contribution in [0.25, 0.3) is 0 Å². The molecule has 0 aliphatic carbocycles. The van der Waals surface area contributed by atoms with Gasteiger partial charge in [-0.15, -0.1) is 0 Å². The zero-order valence-electron chi connectivity index (χ0n) is 9.79. The highest BCUT2D eigenvalue weighted by molar-refractivity contribution is 5.24. The lowest BCUT2D eigenvalue weighted by Crippen LogP contribution is -2.25. The van der Waals surface area contributed by atoms with Gasteiger partial charge in [0.25, 0.3) is 0 Å². The number of hydrogen-bond acceptors (Lipinski definition) is 2. The Morgan fingerprint density at radius 1 is 1.20 bits per heavy atom. The molecule has 0 aliphatic heterocycles. The third kappa shape index (κ3) is 4.02. The molecule has 0 saturated heterocycles. The Balaban J connectivity index is 2.49. The monoisotopic (exact) mass is 206 g/mol. The van der Waals surface area contributed by atoms with Gasteiger partial charge in [0.15, 0.2) is 0 Å². The van der Waals surface area contributed by atoms with E-state index in [1.54, 1.807) is 0 Å². The third-order valence-electron chi connectivity index (χ3n) is 2.80. The van der Waals surface area contributed by atoms with Crippen LogP contribution >= 0.6 is 0 Å². The molecular formula is C13H22N2. The summed E-state index contributed by atoms with van der Waals surface area (Å²) in [4.78, 5) is 0. The zero-order chi connectivity index (χ0) is 11.1. The average molecular weight is 206 g/mol. The molecule has 1 unspecified atom stereocenters. The van der Waals surface area contributed by atoms with Gasteiger partial charge in [0, 0.05) is 6.04 Å². The van der Waals surface area contributed by atoms with Crippen LogP contribution in [0.5, 0.6) is 0 Å². The van der Waals surface area contributed by atoms with Crippen molar-refractivity contribution < 1.29 is 0 Å². The SMILES string of the molecule is CCCCCc1ccc(C(C)NN)cc1. The van der Waals surface area contributed by atoms with Crippen molar-refractivity contribution in [3.05, 3.63) is 35.4 Å². The molecule has 0 saturated carbocycles. The summed E-state index contributed by atoms with van der Waals surface area (Å²) in [6, 6.07) is 8.96. The number of rotatable bonds is 6. The second kappa shape index (κ2) is 6.59. The fourth-order valence-corrected chi connectivity index (χ4v) is 1.65. The fraction of sp³-hybridized carbons (Fsp3) is 0.538. The van der Waals surface area contributed by atoms with Gasteiger partial charge in [0.2, 0.25) is 0 Å². The Bertz CT molecular complexity index is 266. The van der Waals surface area contributed by atoms with Crippen molar-refractivity contribution in [1.29, 1.82) is 0 Å². The summed E-state index contributed by atoms with van der Waals surface area (Å²) < 4.78 is 0. The Labute approximate surface area is 92.8 Å². The lowest BCUT2D eigenvalue weighted by molar-refractivity contribution is 0.602. The molecule has 1 rings (SSSR count). The highest BCUT2D eigenvalue weighted by atomic mass is 15.2. The first kappa shape index (κ1) is 12.2. The van der Waals surface area contributed by atoms with Crippen LogP contribution in [0.3, 0.4) is 0 Å². The quantitative estimate of drug-likeness (QED) is 0.426. The van der Waals surface area contributed by atoms with E-state index in [-0.39, 0.29) is 6.04 Å².